The summed E-state index contributed by atoms with van der Waals surface area (Å²) in [6.45, 7) is 2.13. The molecule has 0 aliphatic carbocycles. The Hall–Kier alpha value is -1.16. The molecule has 1 aliphatic heterocycles. The molecule has 0 aromatic carbocycles. The Morgan fingerprint density at radius 2 is 2.54 bits per heavy atom. The van der Waals surface area contributed by atoms with E-state index in [9.17, 15) is 0 Å². The van der Waals surface area contributed by atoms with Crippen molar-refractivity contribution < 1.29 is 0 Å². The van der Waals surface area contributed by atoms with Crippen LogP contribution < -0.4 is 5.32 Å². The molecule has 2 heterocycles. The lowest BCUT2D eigenvalue weighted by molar-refractivity contribution is 0.612. The predicted octanol–water partition coefficient (Wildman–Crippen LogP) is 0.582. The second-order valence-corrected chi connectivity index (χ2v) is 3.32. The highest BCUT2D eigenvalue weighted by Gasteiger charge is 2.05. The summed E-state index contributed by atoms with van der Waals surface area (Å²) in [6.07, 6.45) is 6.12. The van der Waals surface area contributed by atoms with Gasteiger partial charge in [0.05, 0.1) is 0 Å². The minimum absolute atomic E-state index is 0.943. The van der Waals surface area contributed by atoms with Crippen LogP contribution in [-0.2, 0) is 7.05 Å². The highest BCUT2D eigenvalue weighted by atomic mass is 15.3. The lowest BCUT2D eigenvalue weighted by atomic mass is 10.1. The maximum atomic E-state index is 4.16. The fourth-order valence-corrected chi connectivity index (χ4v) is 1.52. The van der Waals surface area contributed by atoms with Crippen molar-refractivity contribution in [2.45, 2.75) is 12.8 Å². The molecule has 2 rings (SSSR count). The molecule has 0 amide bonds. The number of aryl methyl sites for hydroxylation is 1. The first-order chi connectivity index (χ1) is 6.36. The summed E-state index contributed by atoms with van der Waals surface area (Å²) in [5.41, 5.74) is 1.42. The number of piperidine rings is 1. The highest BCUT2D eigenvalue weighted by molar-refractivity contribution is 5.45. The molecule has 1 fully saturated rings. The first-order valence-corrected chi connectivity index (χ1v) is 4.60. The van der Waals surface area contributed by atoms with Crippen LogP contribution in [0.5, 0.6) is 0 Å². The molecule has 0 bridgehead atoms. The fourth-order valence-electron chi connectivity index (χ4n) is 1.52. The van der Waals surface area contributed by atoms with E-state index in [0.717, 1.165) is 18.9 Å². The average Bonchev–Trinajstić information content (AvgIpc) is 2.54. The fraction of sp³-hybridized carbons (Fsp3) is 0.556. The lowest BCUT2D eigenvalue weighted by Gasteiger charge is -2.14. The van der Waals surface area contributed by atoms with Crippen molar-refractivity contribution >= 4 is 6.08 Å². The first-order valence-electron chi connectivity index (χ1n) is 4.60. The van der Waals surface area contributed by atoms with Crippen molar-refractivity contribution in [3.8, 4) is 0 Å². The molecule has 4 nitrogen and oxygen atoms in total. The van der Waals surface area contributed by atoms with Gasteiger partial charge in [-0.25, -0.2) is 9.67 Å². The second-order valence-electron chi connectivity index (χ2n) is 3.32. The van der Waals surface area contributed by atoms with Gasteiger partial charge in [0.15, 0.2) is 0 Å². The summed E-state index contributed by atoms with van der Waals surface area (Å²) in [5, 5.41) is 7.36. The topological polar surface area (TPSA) is 42.7 Å². The smallest absolute Gasteiger partial charge is 0.150 e. The van der Waals surface area contributed by atoms with Gasteiger partial charge in [0.1, 0.15) is 12.2 Å². The molecule has 13 heavy (non-hydrogen) atoms. The van der Waals surface area contributed by atoms with Gasteiger partial charge in [-0.3, -0.25) is 0 Å². The first kappa shape index (κ1) is 8.44. The average molecular weight is 178 g/mol. The normalized spacial score (nSPS) is 20.8. The van der Waals surface area contributed by atoms with Crippen LogP contribution in [-0.4, -0.2) is 27.9 Å². The van der Waals surface area contributed by atoms with Crippen molar-refractivity contribution in [2.75, 3.05) is 13.1 Å². The van der Waals surface area contributed by atoms with Crippen LogP contribution in [0.15, 0.2) is 11.9 Å². The SMILES string of the molecule is Cn1ncnc1/C=C1/CCCNC1. The van der Waals surface area contributed by atoms with E-state index in [2.05, 4.69) is 21.5 Å². The molecular formula is C9H14N4. The van der Waals surface area contributed by atoms with Crippen LogP contribution in [0.4, 0.5) is 0 Å². The molecule has 1 aromatic rings. The van der Waals surface area contributed by atoms with Gasteiger partial charge < -0.3 is 5.32 Å². The van der Waals surface area contributed by atoms with Gasteiger partial charge in [-0.2, -0.15) is 5.10 Å². The van der Waals surface area contributed by atoms with E-state index < -0.39 is 0 Å². The Bertz CT molecular complexity index is 305. The lowest BCUT2D eigenvalue weighted by Crippen LogP contribution is -2.23. The maximum Gasteiger partial charge on any atom is 0.150 e. The van der Waals surface area contributed by atoms with Crippen molar-refractivity contribution in [3.63, 3.8) is 0 Å². The van der Waals surface area contributed by atoms with Gasteiger partial charge in [0.2, 0.25) is 0 Å². The van der Waals surface area contributed by atoms with Crippen molar-refractivity contribution in [3.05, 3.63) is 17.7 Å². The number of rotatable bonds is 1. The van der Waals surface area contributed by atoms with E-state index in [4.69, 9.17) is 0 Å². The van der Waals surface area contributed by atoms with Gasteiger partial charge in [0.25, 0.3) is 0 Å². The summed E-state index contributed by atoms with van der Waals surface area (Å²) < 4.78 is 1.79. The summed E-state index contributed by atoms with van der Waals surface area (Å²) in [6, 6.07) is 0. The Morgan fingerprint density at radius 3 is 3.15 bits per heavy atom. The van der Waals surface area contributed by atoms with E-state index in [-0.39, 0.29) is 0 Å². The molecule has 0 radical (unpaired) electrons. The summed E-state index contributed by atoms with van der Waals surface area (Å²) in [5.74, 6) is 0.943. The molecule has 70 valence electrons. The molecule has 4 heteroatoms. The van der Waals surface area contributed by atoms with Crippen LogP contribution in [0, 0.1) is 0 Å². The molecular weight excluding hydrogens is 164 g/mol. The zero-order chi connectivity index (χ0) is 9.10. The number of aromatic nitrogens is 3. The van der Waals surface area contributed by atoms with Crippen molar-refractivity contribution in [2.24, 2.45) is 7.05 Å². The van der Waals surface area contributed by atoms with Crippen LogP contribution >= 0.6 is 0 Å². The molecule has 0 unspecified atom stereocenters. The van der Waals surface area contributed by atoms with E-state index in [1.165, 1.54) is 18.4 Å². The van der Waals surface area contributed by atoms with Crippen molar-refractivity contribution in [1.82, 2.24) is 20.1 Å². The number of hydrogen-bond acceptors (Lipinski definition) is 3. The molecule has 1 aromatic heterocycles. The third kappa shape index (κ3) is 1.95. The Morgan fingerprint density at radius 1 is 1.62 bits per heavy atom. The number of nitrogens with zero attached hydrogens (tertiary/aromatic N) is 3. The summed E-state index contributed by atoms with van der Waals surface area (Å²) in [4.78, 5) is 4.16. The molecule has 1 aliphatic rings. The summed E-state index contributed by atoms with van der Waals surface area (Å²) in [7, 11) is 1.91. The van der Waals surface area contributed by atoms with E-state index in [1.807, 2.05) is 7.05 Å². The standard InChI is InChI=1S/C9H14N4/c1-13-9(11-7-12-13)5-8-3-2-4-10-6-8/h5,7,10H,2-4,6H2,1H3/b8-5-. The van der Waals surface area contributed by atoms with Crippen LogP contribution in [0.3, 0.4) is 0 Å². The Balaban J connectivity index is 2.14. The molecule has 1 N–H and O–H groups in total. The van der Waals surface area contributed by atoms with Gasteiger partial charge in [-0.1, -0.05) is 5.57 Å². The molecule has 0 atom stereocenters. The molecule has 0 saturated carbocycles. The van der Waals surface area contributed by atoms with Crippen LogP contribution in [0.1, 0.15) is 18.7 Å². The minimum atomic E-state index is 0.943. The van der Waals surface area contributed by atoms with Gasteiger partial charge in [0, 0.05) is 13.6 Å². The third-order valence-electron chi connectivity index (χ3n) is 2.28. The zero-order valence-corrected chi connectivity index (χ0v) is 7.82. The molecule has 1 saturated heterocycles. The van der Waals surface area contributed by atoms with Crippen LogP contribution in [0.2, 0.25) is 0 Å². The highest BCUT2D eigenvalue weighted by Crippen LogP contribution is 2.11. The largest absolute Gasteiger partial charge is 0.313 e. The van der Waals surface area contributed by atoms with Crippen LogP contribution in [0.25, 0.3) is 6.08 Å². The summed E-state index contributed by atoms with van der Waals surface area (Å²) >= 11 is 0. The second kappa shape index (κ2) is 3.70. The quantitative estimate of drug-likeness (QED) is 0.684. The zero-order valence-electron chi connectivity index (χ0n) is 7.82. The van der Waals surface area contributed by atoms with Gasteiger partial charge >= 0.3 is 0 Å². The van der Waals surface area contributed by atoms with Gasteiger partial charge in [-0.15, -0.1) is 0 Å². The van der Waals surface area contributed by atoms with Gasteiger partial charge in [-0.05, 0) is 25.5 Å². The maximum absolute atomic E-state index is 4.16. The third-order valence-corrected chi connectivity index (χ3v) is 2.28. The number of nitrogens with one attached hydrogen (secondary N) is 1. The van der Waals surface area contributed by atoms with E-state index in [1.54, 1.807) is 11.0 Å². The van der Waals surface area contributed by atoms with E-state index in [0.29, 0.717) is 0 Å². The molecule has 0 spiro atoms. The Labute approximate surface area is 77.7 Å². The minimum Gasteiger partial charge on any atom is -0.313 e. The monoisotopic (exact) mass is 178 g/mol. The van der Waals surface area contributed by atoms with E-state index >= 15 is 0 Å². The predicted molar refractivity (Wildman–Crippen MR) is 51.1 cm³/mol. The van der Waals surface area contributed by atoms with Crippen molar-refractivity contribution in [1.29, 1.82) is 0 Å². The Kier molecular flexibility index (Phi) is 2.40. The number of hydrogen-bond donors (Lipinski definition) is 1.